The monoisotopic (exact) mass is 313 g/mol. The van der Waals surface area contributed by atoms with E-state index in [1.165, 1.54) is 14.0 Å². The second-order valence-electron chi connectivity index (χ2n) is 5.08. The van der Waals surface area contributed by atoms with Crippen LogP contribution in [-0.2, 0) is 0 Å². The van der Waals surface area contributed by atoms with Gasteiger partial charge in [0.2, 0.25) is 0 Å². The molecule has 0 spiro atoms. The van der Waals surface area contributed by atoms with E-state index in [0.29, 0.717) is 28.3 Å². The number of hydrogen-bond donors (Lipinski definition) is 1. The summed E-state index contributed by atoms with van der Waals surface area (Å²) in [7, 11) is 3.06. The quantitative estimate of drug-likeness (QED) is 0.859. The van der Waals surface area contributed by atoms with Gasteiger partial charge in [-0.05, 0) is 43.7 Å². The molecule has 2 aromatic carbocycles. The second-order valence-corrected chi connectivity index (χ2v) is 5.08. The van der Waals surface area contributed by atoms with Gasteiger partial charge in [-0.2, -0.15) is 0 Å². The predicted molar refractivity (Wildman–Crippen MR) is 88.7 cm³/mol. The van der Waals surface area contributed by atoms with Crippen LogP contribution in [0.5, 0.6) is 11.5 Å². The van der Waals surface area contributed by atoms with Crippen molar-refractivity contribution < 1.29 is 19.1 Å². The number of aryl methyl sites for hydroxylation is 1. The number of carbonyl (C=O) groups is 2. The summed E-state index contributed by atoms with van der Waals surface area (Å²) in [4.78, 5) is 24.2. The Bertz CT molecular complexity index is 753. The number of ether oxygens (including phenoxy) is 2. The number of amides is 1. The van der Waals surface area contributed by atoms with Crippen molar-refractivity contribution in [1.29, 1.82) is 0 Å². The highest BCUT2D eigenvalue weighted by molar-refractivity contribution is 6.09. The van der Waals surface area contributed by atoms with Crippen molar-refractivity contribution in [3.63, 3.8) is 0 Å². The number of benzene rings is 2. The minimum absolute atomic E-state index is 0.107. The molecule has 1 amide bonds. The van der Waals surface area contributed by atoms with Gasteiger partial charge in [0.25, 0.3) is 5.91 Å². The van der Waals surface area contributed by atoms with Crippen molar-refractivity contribution in [3.8, 4) is 11.5 Å². The van der Waals surface area contributed by atoms with Crippen LogP contribution in [0.2, 0.25) is 0 Å². The molecule has 0 atom stereocenters. The Hall–Kier alpha value is -2.82. The van der Waals surface area contributed by atoms with Crippen molar-refractivity contribution in [3.05, 3.63) is 53.1 Å². The van der Waals surface area contributed by atoms with Gasteiger partial charge in [-0.1, -0.05) is 12.1 Å². The number of anilines is 1. The van der Waals surface area contributed by atoms with E-state index < -0.39 is 0 Å². The molecule has 0 heterocycles. The van der Waals surface area contributed by atoms with Crippen LogP contribution in [0.3, 0.4) is 0 Å². The molecule has 0 unspecified atom stereocenters. The SMILES string of the molecule is COc1cc(C)c(C(=O)Nc2ccccc2C(C)=O)cc1OC. The standard InChI is InChI=1S/C18H19NO4/c1-11-9-16(22-3)17(23-4)10-14(11)18(21)19-15-8-6-5-7-13(15)12(2)20/h5-10H,1-4H3,(H,19,21). The molecule has 1 N–H and O–H groups in total. The maximum atomic E-state index is 12.6. The third-order valence-corrected chi connectivity index (χ3v) is 3.53. The highest BCUT2D eigenvalue weighted by Gasteiger charge is 2.16. The normalized spacial score (nSPS) is 10.1. The van der Waals surface area contributed by atoms with E-state index in [4.69, 9.17) is 9.47 Å². The van der Waals surface area contributed by atoms with E-state index in [0.717, 1.165) is 5.56 Å². The fourth-order valence-corrected chi connectivity index (χ4v) is 2.31. The van der Waals surface area contributed by atoms with E-state index in [9.17, 15) is 9.59 Å². The second kappa shape index (κ2) is 6.96. The summed E-state index contributed by atoms with van der Waals surface area (Å²) in [5.74, 6) is 0.621. The van der Waals surface area contributed by atoms with Crippen LogP contribution in [-0.4, -0.2) is 25.9 Å². The number of hydrogen-bond acceptors (Lipinski definition) is 4. The van der Waals surface area contributed by atoms with Crippen LogP contribution in [0.1, 0.15) is 33.2 Å². The van der Waals surface area contributed by atoms with E-state index in [-0.39, 0.29) is 11.7 Å². The van der Waals surface area contributed by atoms with Gasteiger partial charge in [0, 0.05) is 11.1 Å². The first-order chi connectivity index (χ1) is 11.0. The number of rotatable bonds is 5. The van der Waals surface area contributed by atoms with Gasteiger partial charge >= 0.3 is 0 Å². The van der Waals surface area contributed by atoms with E-state index in [2.05, 4.69) is 5.32 Å². The molecule has 0 saturated carbocycles. The average molecular weight is 313 g/mol. The zero-order valence-corrected chi connectivity index (χ0v) is 13.6. The zero-order valence-electron chi connectivity index (χ0n) is 13.6. The largest absolute Gasteiger partial charge is 0.493 e. The molecule has 0 aliphatic rings. The van der Waals surface area contributed by atoms with Crippen molar-refractivity contribution in [2.75, 3.05) is 19.5 Å². The minimum atomic E-state index is -0.308. The summed E-state index contributed by atoms with van der Waals surface area (Å²) < 4.78 is 10.5. The summed E-state index contributed by atoms with van der Waals surface area (Å²) in [6, 6.07) is 10.3. The molecule has 0 aliphatic carbocycles. The van der Waals surface area contributed by atoms with Crippen LogP contribution < -0.4 is 14.8 Å². The maximum absolute atomic E-state index is 12.6. The van der Waals surface area contributed by atoms with Crippen LogP contribution in [0.25, 0.3) is 0 Å². The van der Waals surface area contributed by atoms with Gasteiger partial charge in [-0.15, -0.1) is 0 Å². The van der Waals surface area contributed by atoms with E-state index in [1.807, 2.05) is 6.92 Å². The fraction of sp³-hybridized carbons (Fsp3) is 0.222. The Morgan fingerprint density at radius 2 is 1.57 bits per heavy atom. The van der Waals surface area contributed by atoms with Crippen LogP contribution >= 0.6 is 0 Å². The Labute approximate surface area is 135 Å². The molecule has 5 heteroatoms. The number of ketones is 1. The molecular weight excluding hydrogens is 294 g/mol. The van der Waals surface area contributed by atoms with Crippen molar-refractivity contribution in [2.45, 2.75) is 13.8 Å². The molecule has 0 aromatic heterocycles. The lowest BCUT2D eigenvalue weighted by atomic mass is 10.1. The van der Waals surface area contributed by atoms with Gasteiger partial charge in [0.05, 0.1) is 19.9 Å². The molecule has 2 aromatic rings. The summed E-state index contributed by atoms with van der Waals surface area (Å²) in [6.45, 7) is 3.28. The molecule has 23 heavy (non-hydrogen) atoms. The third-order valence-electron chi connectivity index (χ3n) is 3.53. The third kappa shape index (κ3) is 3.51. The summed E-state index contributed by atoms with van der Waals surface area (Å²) in [5.41, 5.74) is 2.17. The number of Topliss-reactive ketones (excluding diaryl/α,β-unsaturated/α-hetero) is 1. The first-order valence-corrected chi connectivity index (χ1v) is 7.12. The fourth-order valence-electron chi connectivity index (χ4n) is 2.31. The van der Waals surface area contributed by atoms with Crippen molar-refractivity contribution in [1.82, 2.24) is 0 Å². The van der Waals surface area contributed by atoms with Gasteiger partial charge in [0.1, 0.15) is 0 Å². The summed E-state index contributed by atoms with van der Waals surface area (Å²) in [5, 5.41) is 2.78. The molecule has 5 nitrogen and oxygen atoms in total. The molecular formula is C18H19NO4. The zero-order chi connectivity index (χ0) is 17.0. The Balaban J connectivity index is 2.37. The van der Waals surface area contributed by atoms with E-state index in [1.54, 1.807) is 43.5 Å². The van der Waals surface area contributed by atoms with Crippen molar-refractivity contribution >= 4 is 17.4 Å². The Morgan fingerprint density at radius 1 is 0.957 bits per heavy atom. The Kier molecular flexibility index (Phi) is 5.01. The molecule has 0 fully saturated rings. The summed E-state index contributed by atoms with van der Waals surface area (Å²) in [6.07, 6.45) is 0. The van der Waals surface area contributed by atoms with Gasteiger partial charge in [-0.25, -0.2) is 0 Å². The van der Waals surface area contributed by atoms with Crippen LogP contribution in [0.4, 0.5) is 5.69 Å². The van der Waals surface area contributed by atoms with Crippen LogP contribution in [0.15, 0.2) is 36.4 Å². The molecule has 120 valence electrons. The highest BCUT2D eigenvalue weighted by atomic mass is 16.5. The average Bonchev–Trinajstić information content (AvgIpc) is 2.54. The Morgan fingerprint density at radius 3 is 2.17 bits per heavy atom. The molecule has 0 saturated heterocycles. The highest BCUT2D eigenvalue weighted by Crippen LogP contribution is 2.30. The first-order valence-electron chi connectivity index (χ1n) is 7.12. The molecule has 2 rings (SSSR count). The van der Waals surface area contributed by atoms with Gasteiger partial charge in [0.15, 0.2) is 17.3 Å². The lowest BCUT2D eigenvalue weighted by Gasteiger charge is -2.14. The number of carbonyl (C=O) groups excluding carboxylic acids is 2. The molecule has 0 radical (unpaired) electrons. The topological polar surface area (TPSA) is 64.6 Å². The smallest absolute Gasteiger partial charge is 0.256 e. The summed E-state index contributed by atoms with van der Waals surface area (Å²) >= 11 is 0. The van der Waals surface area contributed by atoms with Gasteiger partial charge < -0.3 is 14.8 Å². The number of methoxy groups -OCH3 is 2. The maximum Gasteiger partial charge on any atom is 0.256 e. The minimum Gasteiger partial charge on any atom is -0.493 e. The van der Waals surface area contributed by atoms with Crippen molar-refractivity contribution in [2.24, 2.45) is 0 Å². The lowest BCUT2D eigenvalue weighted by molar-refractivity contribution is 0.101. The van der Waals surface area contributed by atoms with Gasteiger partial charge in [-0.3, -0.25) is 9.59 Å². The number of nitrogens with one attached hydrogen (secondary N) is 1. The lowest BCUT2D eigenvalue weighted by Crippen LogP contribution is -2.15. The molecule has 0 bridgehead atoms. The van der Waals surface area contributed by atoms with Crippen LogP contribution in [0, 0.1) is 6.92 Å². The number of para-hydroxylation sites is 1. The molecule has 0 aliphatic heterocycles. The first kappa shape index (κ1) is 16.5. The predicted octanol–water partition coefficient (Wildman–Crippen LogP) is 3.47. The van der Waals surface area contributed by atoms with E-state index >= 15 is 0 Å².